The maximum absolute atomic E-state index is 12.7. The van der Waals surface area contributed by atoms with E-state index in [4.69, 9.17) is 9.97 Å². The van der Waals surface area contributed by atoms with Crippen LogP contribution in [0.2, 0.25) is 0 Å². The summed E-state index contributed by atoms with van der Waals surface area (Å²) in [5.41, 5.74) is 2.06. The number of nitrogens with one attached hydrogen (secondary N) is 2. The number of nitrogens with zero attached hydrogens (tertiary/aromatic N) is 3. The predicted molar refractivity (Wildman–Crippen MR) is 160 cm³/mol. The Kier molecular flexibility index (Phi) is 9.36. The lowest BCUT2D eigenvalue weighted by atomic mass is 9.82. The fourth-order valence-electron chi connectivity index (χ4n) is 5.37. The van der Waals surface area contributed by atoms with Gasteiger partial charge < -0.3 is 15.0 Å². The lowest BCUT2D eigenvalue weighted by Crippen LogP contribution is -2.32. The minimum Gasteiger partial charge on any atom is -0.406 e. The van der Waals surface area contributed by atoms with Crippen LogP contribution < -0.4 is 19.7 Å². The molecule has 1 aromatic heterocycles. The van der Waals surface area contributed by atoms with Crippen molar-refractivity contribution in [2.75, 3.05) is 30.4 Å². The Morgan fingerprint density at radius 1 is 0.860 bits per heavy atom. The molecule has 0 unspecified atom stereocenters. The molecule has 12 heteroatoms. The van der Waals surface area contributed by atoms with Gasteiger partial charge >= 0.3 is 6.36 Å². The summed E-state index contributed by atoms with van der Waals surface area (Å²) in [6.07, 6.45) is -1.26. The van der Waals surface area contributed by atoms with Crippen molar-refractivity contribution in [3.8, 4) is 5.75 Å². The van der Waals surface area contributed by atoms with Gasteiger partial charge in [-0.15, -0.1) is 13.2 Å². The maximum atomic E-state index is 12.7. The minimum absolute atomic E-state index is 0.107. The van der Waals surface area contributed by atoms with Crippen molar-refractivity contribution in [1.82, 2.24) is 14.7 Å². The second-order valence-corrected chi connectivity index (χ2v) is 12.6. The van der Waals surface area contributed by atoms with E-state index in [9.17, 15) is 21.6 Å². The van der Waals surface area contributed by atoms with E-state index in [2.05, 4.69) is 31.8 Å². The van der Waals surface area contributed by atoms with Gasteiger partial charge in [0, 0.05) is 32.1 Å². The van der Waals surface area contributed by atoms with Gasteiger partial charge in [-0.05, 0) is 79.5 Å². The Hall–Kier alpha value is -3.90. The molecular weight excluding hydrogens is 579 g/mol. The van der Waals surface area contributed by atoms with E-state index in [1.807, 2.05) is 49.5 Å². The molecule has 2 N–H and O–H groups in total. The molecule has 1 aliphatic carbocycles. The number of fused-ring (bicyclic) bond motifs is 1. The minimum atomic E-state index is -4.84. The predicted octanol–water partition coefficient (Wildman–Crippen LogP) is 6.36. The first kappa shape index (κ1) is 30.6. The maximum Gasteiger partial charge on any atom is 0.573 e. The Morgan fingerprint density at radius 3 is 2.16 bits per heavy atom. The topological polar surface area (TPSA) is 96.5 Å². The average Bonchev–Trinajstić information content (AvgIpc) is 2.99. The van der Waals surface area contributed by atoms with Crippen molar-refractivity contribution in [3.63, 3.8) is 0 Å². The van der Waals surface area contributed by atoms with Crippen LogP contribution in [0, 0.1) is 11.8 Å². The molecule has 0 atom stereocenters. The van der Waals surface area contributed by atoms with Crippen molar-refractivity contribution < 1.29 is 26.3 Å². The Labute approximate surface area is 249 Å². The number of halogens is 3. The largest absolute Gasteiger partial charge is 0.573 e. The van der Waals surface area contributed by atoms with Gasteiger partial charge in [0.25, 0.3) is 0 Å². The molecule has 5 rings (SSSR count). The van der Waals surface area contributed by atoms with Crippen molar-refractivity contribution >= 4 is 32.7 Å². The summed E-state index contributed by atoms with van der Waals surface area (Å²) in [4.78, 5) is 11.6. The van der Waals surface area contributed by atoms with E-state index in [1.165, 1.54) is 5.56 Å². The van der Waals surface area contributed by atoms with Crippen LogP contribution in [-0.2, 0) is 16.6 Å². The van der Waals surface area contributed by atoms with Crippen LogP contribution in [0.3, 0.4) is 0 Å². The lowest BCUT2D eigenvalue weighted by Gasteiger charge is -2.29. The number of anilines is 2. The summed E-state index contributed by atoms with van der Waals surface area (Å²) in [6.45, 7) is 1.70. The summed E-state index contributed by atoms with van der Waals surface area (Å²) in [6, 6.07) is 22.4. The van der Waals surface area contributed by atoms with Gasteiger partial charge in [0.15, 0.2) is 0 Å². The molecule has 43 heavy (non-hydrogen) atoms. The van der Waals surface area contributed by atoms with E-state index in [-0.39, 0.29) is 17.4 Å². The van der Waals surface area contributed by atoms with E-state index in [0.717, 1.165) is 66.7 Å². The summed E-state index contributed by atoms with van der Waals surface area (Å²) in [5.74, 6) is 1.54. The highest BCUT2D eigenvalue weighted by Crippen LogP contribution is 2.30. The van der Waals surface area contributed by atoms with E-state index in [1.54, 1.807) is 0 Å². The molecular formula is C31H34F3N5O3S. The van der Waals surface area contributed by atoms with Crippen LogP contribution in [0.4, 0.5) is 24.9 Å². The molecule has 0 radical (unpaired) electrons. The van der Waals surface area contributed by atoms with Crippen molar-refractivity contribution in [2.45, 2.75) is 43.5 Å². The zero-order valence-corrected chi connectivity index (χ0v) is 24.5. The number of hydrogen-bond acceptors (Lipinski definition) is 7. The first-order chi connectivity index (χ1) is 20.6. The summed E-state index contributed by atoms with van der Waals surface area (Å²) in [7, 11) is -1.82. The van der Waals surface area contributed by atoms with Crippen molar-refractivity contribution in [3.05, 3.63) is 84.4 Å². The zero-order chi connectivity index (χ0) is 30.5. The van der Waals surface area contributed by atoms with Crippen LogP contribution >= 0.6 is 0 Å². The molecule has 1 saturated carbocycles. The number of hydrogen-bond donors (Lipinski definition) is 2. The highest BCUT2D eigenvalue weighted by molar-refractivity contribution is 7.89. The molecule has 228 valence electrons. The van der Waals surface area contributed by atoms with Gasteiger partial charge in [-0.2, -0.15) is 4.98 Å². The van der Waals surface area contributed by atoms with Gasteiger partial charge in [0.2, 0.25) is 16.0 Å². The third-order valence-corrected chi connectivity index (χ3v) is 9.09. The fraction of sp³-hybridized carbons (Fsp3) is 0.355. The van der Waals surface area contributed by atoms with Crippen LogP contribution in [0.1, 0.15) is 31.2 Å². The lowest BCUT2D eigenvalue weighted by molar-refractivity contribution is -0.274. The van der Waals surface area contributed by atoms with Gasteiger partial charge in [-0.1, -0.05) is 42.5 Å². The van der Waals surface area contributed by atoms with Crippen LogP contribution in [0.25, 0.3) is 10.9 Å². The van der Waals surface area contributed by atoms with Crippen LogP contribution in [0.15, 0.2) is 83.8 Å². The summed E-state index contributed by atoms with van der Waals surface area (Å²) >= 11 is 0. The zero-order valence-electron chi connectivity index (χ0n) is 23.7. The van der Waals surface area contributed by atoms with Gasteiger partial charge in [-0.3, -0.25) is 0 Å². The third-order valence-electron chi connectivity index (χ3n) is 7.65. The second kappa shape index (κ2) is 13.2. The normalized spacial score (nSPS) is 17.5. The Balaban J connectivity index is 1.13. The van der Waals surface area contributed by atoms with Gasteiger partial charge in [0.05, 0.1) is 10.4 Å². The molecule has 0 saturated heterocycles. The summed E-state index contributed by atoms with van der Waals surface area (Å²) in [5, 5.41) is 4.42. The van der Waals surface area contributed by atoms with Crippen molar-refractivity contribution in [2.24, 2.45) is 11.8 Å². The van der Waals surface area contributed by atoms with Crippen LogP contribution in [-0.4, -0.2) is 44.9 Å². The second-order valence-electron chi connectivity index (χ2n) is 10.9. The number of ether oxygens (including phenoxy) is 1. The Bertz CT molecular complexity index is 1610. The van der Waals surface area contributed by atoms with Gasteiger partial charge in [0.1, 0.15) is 11.6 Å². The van der Waals surface area contributed by atoms with E-state index >= 15 is 0 Å². The number of aromatic nitrogens is 2. The number of alkyl halides is 3. The van der Waals surface area contributed by atoms with Gasteiger partial charge in [-0.25, -0.2) is 18.1 Å². The van der Waals surface area contributed by atoms with E-state index in [0.29, 0.717) is 25.0 Å². The third kappa shape index (κ3) is 8.35. The molecule has 8 nitrogen and oxygen atoms in total. The molecule has 0 aliphatic heterocycles. The number of sulfonamides is 1. The first-order valence-electron chi connectivity index (χ1n) is 14.2. The van der Waals surface area contributed by atoms with E-state index < -0.39 is 22.1 Å². The molecule has 0 amide bonds. The fourth-order valence-corrected chi connectivity index (χ4v) is 6.48. The first-order valence-corrected chi connectivity index (χ1v) is 15.7. The number of benzene rings is 3. The monoisotopic (exact) mass is 613 g/mol. The number of rotatable bonds is 11. The average molecular weight is 614 g/mol. The molecule has 1 fully saturated rings. The molecule has 0 spiro atoms. The standard InChI is InChI=1S/C31H34F3N5O3S/c1-39(21-24-7-3-2-4-8-24)29-27-9-5-6-10-28(27)37-30(38-29)35-19-22-11-13-23(14-12-22)20-36-43(40,41)26-17-15-25(16-18-26)42-31(32,33)34/h2-10,15-18,22-23,36H,11-14,19-21H2,1H3,(H,35,37,38). The molecule has 0 bridgehead atoms. The molecule has 1 aliphatic rings. The highest BCUT2D eigenvalue weighted by Gasteiger charge is 2.31. The smallest absolute Gasteiger partial charge is 0.406 e. The molecule has 4 aromatic rings. The molecule has 3 aromatic carbocycles. The quantitative estimate of drug-likeness (QED) is 0.203. The highest BCUT2D eigenvalue weighted by atomic mass is 32.2. The van der Waals surface area contributed by atoms with Crippen molar-refractivity contribution in [1.29, 1.82) is 0 Å². The Morgan fingerprint density at radius 2 is 1.49 bits per heavy atom. The summed E-state index contributed by atoms with van der Waals surface area (Å²) < 4.78 is 68.8. The molecule has 1 heterocycles. The SMILES string of the molecule is CN(Cc1ccccc1)c1nc(NCC2CCC(CNS(=O)(=O)c3ccc(OC(F)(F)F)cc3)CC2)nc2ccccc12. The number of para-hydroxylation sites is 1. The van der Waals surface area contributed by atoms with Crippen LogP contribution in [0.5, 0.6) is 5.75 Å².